The molecular weight excluding hydrogens is 498 g/mol. The number of imidazole rings is 1. The molecule has 0 saturated heterocycles. The highest BCUT2D eigenvalue weighted by atomic mass is 32.2. The Labute approximate surface area is 224 Å². The monoisotopic (exact) mass is 531 g/mol. The quantitative estimate of drug-likeness (QED) is 0.278. The Kier molecular flexibility index (Phi) is 8.32. The van der Waals surface area contributed by atoms with Gasteiger partial charge in [-0.1, -0.05) is 60.2 Å². The maximum Gasteiger partial charge on any atom is 0.254 e. The lowest BCUT2D eigenvalue weighted by atomic mass is 10.1. The molecule has 4 aromatic rings. The van der Waals surface area contributed by atoms with Crippen molar-refractivity contribution >= 4 is 15.7 Å². The standard InChI is InChI=1S/C30H33N3O4S/c1-22(2)32(29(34)26-14-16-28(37-4)17-15-26)20-27-18-31-30(33(27)19-24-8-6-5-7-9-24)38(35,36)21-25-12-10-23(3)11-13-25/h5-18,22H,19-21H2,1-4H3. The second-order valence-corrected chi connectivity index (χ2v) is 11.5. The van der Waals surface area contributed by atoms with Gasteiger partial charge >= 0.3 is 0 Å². The number of benzene rings is 3. The number of carbonyl (C=O) groups is 1. The molecule has 0 fully saturated rings. The van der Waals surface area contributed by atoms with Gasteiger partial charge in [-0.05, 0) is 56.2 Å². The first-order valence-corrected chi connectivity index (χ1v) is 14.1. The molecule has 0 spiro atoms. The zero-order valence-corrected chi connectivity index (χ0v) is 23.0. The van der Waals surface area contributed by atoms with Crippen LogP contribution in [0.15, 0.2) is 90.2 Å². The molecule has 0 atom stereocenters. The molecular formula is C30H33N3O4S. The highest BCUT2D eigenvalue weighted by Crippen LogP contribution is 2.23. The molecule has 4 rings (SSSR count). The molecule has 1 heterocycles. The predicted octanol–water partition coefficient (Wildman–Crippen LogP) is 5.27. The number of sulfone groups is 1. The lowest BCUT2D eigenvalue weighted by Crippen LogP contribution is -2.37. The zero-order chi connectivity index (χ0) is 27.3. The van der Waals surface area contributed by atoms with E-state index in [0.717, 1.165) is 11.1 Å². The van der Waals surface area contributed by atoms with Crippen molar-refractivity contribution in [1.29, 1.82) is 0 Å². The van der Waals surface area contributed by atoms with E-state index in [1.807, 2.05) is 75.4 Å². The summed E-state index contributed by atoms with van der Waals surface area (Å²) in [6, 6.07) is 23.9. The van der Waals surface area contributed by atoms with Crippen LogP contribution in [0.4, 0.5) is 0 Å². The molecule has 0 unspecified atom stereocenters. The van der Waals surface area contributed by atoms with Crippen molar-refractivity contribution in [1.82, 2.24) is 14.5 Å². The van der Waals surface area contributed by atoms with Gasteiger partial charge < -0.3 is 14.2 Å². The zero-order valence-electron chi connectivity index (χ0n) is 22.2. The van der Waals surface area contributed by atoms with Crippen LogP contribution in [-0.2, 0) is 28.7 Å². The van der Waals surface area contributed by atoms with Gasteiger partial charge in [0, 0.05) is 11.6 Å². The Morgan fingerprint density at radius 3 is 2.21 bits per heavy atom. The number of methoxy groups -OCH3 is 1. The molecule has 0 saturated carbocycles. The summed E-state index contributed by atoms with van der Waals surface area (Å²) >= 11 is 0. The lowest BCUT2D eigenvalue weighted by molar-refractivity contribution is 0.0685. The third kappa shape index (κ3) is 6.31. The largest absolute Gasteiger partial charge is 0.497 e. The van der Waals surface area contributed by atoms with Gasteiger partial charge in [0.05, 0.1) is 37.8 Å². The van der Waals surface area contributed by atoms with Gasteiger partial charge in [-0.3, -0.25) is 4.79 Å². The van der Waals surface area contributed by atoms with Crippen molar-refractivity contribution in [2.75, 3.05) is 7.11 Å². The van der Waals surface area contributed by atoms with E-state index in [4.69, 9.17) is 4.74 Å². The molecule has 8 heteroatoms. The van der Waals surface area contributed by atoms with Crippen LogP contribution >= 0.6 is 0 Å². The van der Waals surface area contributed by atoms with Crippen LogP contribution in [-0.4, -0.2) is 41.9 Å². The van der Waals surface area contributed by atoms with E-state index in [9.17, 15) is 13.2 Å². The molecule has 0 bridgehead atoms. The molecule has 0 N–H and O–H groups in total. The van der Waals surface area contributed by atoms with E-state index in [2.05, 4.69) is 4.98 Å². The number of hydrogen-bond donors (Lipinski definition) is 0. The lowest BCUT2D eigenvalue weighted by Gasteiger charge is -2.27. The van der Waals surface area contributed by atoms with E-state index in [0.29, 0.717) is 29.1 Å². The van der Waals surface area contributed by atoms with Gasteiger partial charge in [0.1, 0.15) is 5.75 Å². The van der Waals surface area contributed by atoms with Crippen LogP contribution in [0.2, 0.25) is 0 Å². The van der Waals surface area contributed by atoms with E-state index in [1.54, 1.807) is 47.0 Å². The van der Waals surface area contributed by atoms with Crippen molar-refractivity contribution in [3.63, 3.8) is 0 Å². The van der Waals surface area contributed by atoms with Gasteiger partial charge in [0.2, 0.25) is 15.0 Å². The average molecular weight is 532 g/mol. The molecule has 3 aromatic carbocycles. The minimum Gasteiger partial charge on any atom is -0.497 e. The number of aryl methyl sites for hydroxylation is 1. The highest BCUT2D eigenvalue weighted by Gasteiger charge is 2.27. The SMILES string of the molecule is COc1ccc(C(=O)N(Cc2cnc(S(=O)(=O)Cc3ccc(C)cc3)n2Cc2ccccc2)C(C)C)cc1. The number of nitrogens with zero attached hydrogens (tertiary/aromatic N) is 3. The fraction of sp³-hybridized carbons (Fsp3) is 0.267. The normalized spacial score (nSPS) is 11.5. The molecule has 0 aliphatic rings. The van der Waals surface area contributed by atoms with E-state index in [1.165, 1.54) is 0 Å². The fourth-order valence-corrected chi connectivity index (χ4v) is 5.72. The highest BCUT2D eigenvalue weighted by molar-refractivity contribution is 7.90. The van der Waals surface area contributed by atoms with Gasteiger partial charge in [0.15, 0.2) is 0 Å². The first-order valence-electron chi connectivity index (χ1n) is 12.5. The van der Waals surface area contributed by atoms with Crippen molar-refractivity contribution in [2.45, 2.75) is 50.8 Å². The Bertz CT molecular complexity index is 1480. The Morgan fingerprint density at radius 1 is 0.947 bits per heavy atom. The number of aromatic nitrogens is 2. The predicted molar refractivity (Wildman–Crippen MR) is 148 cm³/mol. The second-order valence-electron chi connectivity index (χ2n) is 9.60. The van der Waals surface area contributed by atoms with Crippen molar-refractivity contribution in [3.05, 3.63) is 113 Å². The van der Waals surface area contributed by atoms with Gasteiger partial charge in [-0.2, -0.15) is 0 Å². The molecule has 0 radical (unpaired) electrons. The first kappa shape index (κ1) is 27.1. The van der Waals surface area contributed by atoms with Gasteiger partial charge in [0.25, 0.3) is 5.91 Å². The summed E-state index contributed by atoms with van der Waals surface area (Å²) in [6.45, 7) is 6.37. The third-order valence-electron chi connectivity index (χ3n) is 6.39. The summed E-state index contributed by atoms with van der Waals surface area (Å²) in [6.07, 6.45) is 1.57. The van der Waals surface area contributed by atoms with Gasteiger partial charge in [-0.15, -0.1) is 0 Å². The van der Waals surface area contributed by atoms with Crippen LogP contribution in [0.1, 0.15) is 46.6 Å². The number of hydrogen-bond acceptors (Lipinski definition) is 5. The Balaban J connectivity index is 1.70. The van der Waals surface area contributed by atoms with Crippen LogP contribution < -0.4 is 4.74 Å². The molecule has 1 amide bonds. The summed E-state index contributed by atoms with van der Waals surface area (Å²) < 4.78 is 34.1. The van der Waals surface area contributed by atoms with Crippen molar-refractivity contribution in [3.8, 4) is 5.75 Å². The van der Waals surface area contributed by atoms with Crippen LogP contribution in [0.25, 0.3) is 0 Å². The summed E-state index contributed by atoms with van der Waals surface area (Å²) in [5, 5.41) is -0.00229. The van der Waals surface area contributed by atoms with Crippen LogP contribution in [0.5, 0.6) is 5.75 Å². The molecule has 1 aromatic heterocycles. The summed E-state index contributed by atoms with van der Waals surface area (Å²) in [4.78, 5) is 19.6. The summed E-state index contributed by atoms with van der Waals surface area (Å²) in [5.41, 5.74) is 3.88. The Hall–Kier alpha value is -3.91. The minimum atomic E-state index is -3.76. The topological polar surface area (TPSA) is 81.5 Å². The average Bonchev–Trinajstić information content (AvgIpc) is 3.31. The molecule has 7 nitrogen and oxygen atoms in total. The van der Waals surface area contributed by atoms with Crippen LogP contribution in [0, 0.1) is 6.92 Å². The first-order chi connectivity index (χ1) is 18.2. The number of ether oxygens (including phenoxy) is 1. The maximum atomic E-state index is 13.6. The third-order valence-corrected chi connectivity index (χ3v) is 7.99. The summed E-state index contributed by atoms with van der Waals surface area (Å²) in [7, 11) is -2.18. The molecule has 38 heavy (non-hydrogen) atoms. The fourth-order valence-electron chi connectivity index (χ4n) is 4.23. The molecule has 0 aliphatic carbocycles. The molecule has 0 aliphatic heterocycles. The Morgan fingerprint density at radius 2 is 1.61 bits per heavy atom. The summed E-state index contributed by atoms with van der Waals surface area (Å²) in [5.74, 6) is 0.359. The second kappa shape index (κ2) is 11.6. The van der Waals surface area contributed by atoms with Crippen molar-refractivity contribution in [2.24, 2.45) is 0 Å². The maximum absolute atomic E-state index is 13.6. The van der Waals surface area contributed by atoms with Crippen molar-refractivity contribution < 1.29 is 17.9 Å². The van der Waals surface area contributed by atoms with Crippen LogP contribution in [0.3, 0.4) is 0 Å². The molecule has 198 valence electrons. The van der Waals surface area contributed by atoms with Gasteiger partial charge in [-0.25, -0.2) is 13.4 Å². The number of amides is 1. The smallest absolute Gasteiger partial charge is 0.254 e. The minimum absolute atomic E-state index is 0.00229. The van der Waals surface area contributed by atoms with E-state index < -0.39 is 9.84 Å². The van der Waals surface area contributed by atoms with E-state index in [-0.39, 0.29) is 29.4 Å². The van der Waals surface area contributed by atoms with E-state index >= 15 is 0 Å². The number of rotatable bonds is 10. The number of carbonyl (C=O) groups excluding carboxylic acids is 1.